The highest BCUT2D eigenvalue weighted by atomic mass is 19.4. The number of carbonyl (C=O) groups is 5. The van der Waals surface area contributed by atoms with Crippen molar-refractivity contribution in [2.24, 2.45) is 0 Å². The van der Waals surface area contributed by atoms with E-state index in [1.807, 2.05) is 0 Å². The van der Waals surface area contributed by atoms with Gasteiger partial charge in [0.15, 0.2) is 0 Å². The first-order valence-electron chi connectivity index (χ1n) is 12.0. The number of carboxylic acid groups (broad SMARTS) is 1. The third-order valence-corrected chi connectivity index (χ3v) is 5.69. The van der Waals surface area contributed by atoms with Gasteiger partial charge in [0.05, 0.1) is 40.6 Å². The molecule has 0 aromatic heterocycles. The number of anilines is 1. The summed E-state index contributed by atoms with van der Waals surface area (Å²) in [7, 11) is 1.01. The SMILES string of the molecule is COC(=O)c1ccccc1NC(=O)[C@H](OC(=O)c1cccc(C(F)(F)F)c1)[C@H](OC(=O)c1cccc(C(F)(F)F)c1)C(=O)O. The first kappa shape index (κ1) is 33.1. The van der Waals surface area contributed by atoms with Crippen molar-refractivity contribution in [1.29, 1.82) is 0 Å². The van der Waals surface area contributed by atoms with Gasteiger partial charge < -0.3 is 24.6 Å². The highest BCUT2D eigenvalue weighted by Crippen LogP contribution is 2.31. The molecule has 0 aliphatic rings. The topological polar surface area (TPSA) is 145 Å². The van der Waals surface area contributed by atoms with Crippen LogP contribution >= 0.6 is 0 Å². The molecular weight excluding hydrogens is 608 g/mol. The van der Waals surface area contributed by atoms with Gasteiger partial charge in [-0.25, -0.2) is 19.2 Å². The van der Waals surface area contributed by atoms with Crippen LogP contribution in [0.3, 0.4) is 0 Å². The van der Waals surface area contributed by atoms with Gasteiger partial charge in [-0.1, -0.05) is 24.3 Å². The van der Waals surface area contributed by atoms with Crippen LogP contribution in [0.2, 0.25) is 0 Å². The zero-order valence-corrected chi connectivity index (χ0v) is 22.1. The Balaban J connectivity index is 2.02. The van der Waals surface area contributed by atoms with Crippen LogP contribution in [0.25, 0.3) is 0 Å². The number of nitrogens with one attached hydrogen (secondary N) is 1. The number of benzene rings is 3. The summed E-state index contributed by atoms with van der Waals surface area (Å²) in [4.78, 5) is 63.1. The first-order valence-corrected chi connectivity index (χ1v) is 12.0. The highest BCUT2D eigenvalue weighted by Gasteiger charge is 2.42. The Kier molecular flexibility index (Phi) is 9.98. The molecule has 0 fully saturated rings. The molecule has 2 atom stereocenters. The van der Waals surface area contributed by atoms with E-state index in [9.17, 15) is 55.4 Å². The van der Waals surface area contributed by atoms with Crippen LogP contribution in [-0.2, 0) is 36.2 Å². The molecule has 0 heterocycles. The smallest absolute Gasteiger partial charge is 0.416 e. The Bertz CT molecular complexity index is 1590. The van der Waals surface area contributed by atoms with Gasteiger partial charge in [0.25, 0.3) is 5.91 Å². The maximum Gasteiger partial charge on any atom is 0.416 e. The van der Waals surface area contributed by atoms with Crippen LogP contribution < -0.4 is 5.32 Å². The lowest BCUT2D eigenvalue weighted by Crippen LogP contribution is -2.48. The number of ether oxygens (including phenoxy) is 3. The standard InChI is InChI=1S/C28H19F6NO9/c1-42-26(41)18-10-2-3-11-19(18)35-22(36)20(43-24(39)14-6-4-8-16(12-14)27(29,30)31)21(23(37)38)44-25(40)15-7-5-9-17(13-15)28(32,33)34/h2-13,20-21H,1H3,(H,35,36)(H,37,38)/t20-,21+/m1/s1. The minimum Gasteiger partial charge on any atom is -0.478 e. The van der Waals surface area contributed by atoms with Gasteiger partial charge in [0.2, 0.25) is 12.2 Å². The van der Waals surface area contributed by atoms with Gasteiger partial charge in [-0.15, -0.1) is 0 Å². The molecule has 3 aromatic rings. The minimum atomic E-state index is -4.91. The number of aliphatic carboxylic acids is 1. The molecule has 0 radical (unpaired) electrons. The third kappa shape index (κ3) is 8.11. The number of esters is 3. The second kappa shape index (κ2) is 13.3. The Morgan fingerprint density at radius 2 is 1.16 bits per heavy atom. The second-order valence-corrected chi connectivity index (χ2v) is 8.67. The van der Waals surface area contributed by atoms with Gasteiger partial charge in [-0.2, -0.15) is 26.3 Å². The van der Waals surface area contributed by atoms with Crippen molar-refractivity contribution in [3.05, 3.63) is 101 Å². The van der Waals surface area contributed by atoms with Crippen LogP contribution in [0.15, 0.2) is 72.8 Å². The van der Waals surface area contributed by atoms with E-state index >= 15 is 0 Å². The van der Waals surface area contributed by atoms with E-state index in [2.05, 4.69) is 10.1 Å². The van der Waals surface area contributed by atoms with Crippen molar-refractivity contribution in [2.45, 2.75) is 24.6 Å². The molecule has 1 amide bonds. The Morgan fingerprint density at radius 3 is 1.61 bits per heavy atom. The largest absolute Gasteiger partial charge is 0.478 e. The predicted octanol–water partition coefficient (Wildman–Crippen LogP) is 4.99. The van der Waals surface area contributed by atoms with Crippen LogP contribution in [-0.4, -0.2) is 54.2 Å². The Morgan fingerprint density at radius 1 is 0.682 bits per heavy atom. The van der Waals surface area contributed by atoms with Crippen molar-refractivity contribution >= 4 is 35.5 Å². The van der Waals surface area contributed by atoms with E-state index in [-0.39, 0.29) is 11.3 Å². The fourth-order valence-electron chi connectivity index (χ4n) is 3.59. The molecule has 2 N–H and O–H groups in total. The summed E-state index contributed by atoms with van der Waals surface area (Å²) in [6, 6.07) is 10.3. The molecule has 10 nitrogen and oxygen atoms in total. The monoisotopic (exact) mass is 627 g/mol. The summed E-state index contributed by atoms with van der Waals surface area (Å²) in [5, 5.41) is 11.9. The number of carboxylic acids is 1. The van der Waals surface area contributed by atoms with E-state index in [4.69, 9.17) is 9.47 Å². The summed E-state index contributed by atoms with van der Waals surface area (Å²) in [6.45, 7) is 0. The number of amides is 1. The average molecular weight is 627 g/mol. The number of hydrogen-bond donors (Lipinski definition) is 2. The molecule has 0 saturated carbocycles. The number of methoxy groups -OCH3 is 1. The fraction of sp³-hybridized carbons (Fsp3) is 0.179. The lowest BCUT2D eigenvalue weighted by Gasteiger charge is -2.24. The van der Waals surface area contributed by atoms with E-state index in [0.717, 1.165) is 37.4 Å². The Labute approximate surface area is 243 Å². The number of halogens is 6. The lowest BCUT2D eigenvalue weighted by molar-refractivity contribution is -0.157. The number of carbonyl (C=O) groups excluding carboxylic acids is 4. The van der Waals surface area contributed by atoms with Crippen LogP contribution in [0.4, 0.5) is 32.0 Å². The van der Waals surface area contributed by atoms with E-state index in [1.54, 1.807) is 0 Å². The van der Waals surface area contributed by atoms with Crippen molar-refractivity contribution in [1.82, 2.24) is 0 Å². The van der Waals surface area contributed by atoms with Crippen molar-refractivity contribution in [3.63, 3.8) is 0 Å². The molecule has 232 valence electrons. The average Bonchev–Trinajstić information content (AvgIpc) is 2.97. The van der Waals surface area contributed by atoms with Gasteiger partial charge in [-0.05, 0) is 48.5 Å². The van der Waals surface area contributed by atoms with Crippen molar-refractivity contribution in [2.75, 3.05) is 12.4 Å². The molecular formula is C28H19F6NO9. The van der Waals surface area contributed by atoms with Crippen molar-refractivity contribution < 1.29 is 69.6 Å². The zero-order valence-electron chi connectivity index (χ0n) is 22.1. The predicted molar refractivity (Wildman–Crippen MR) is 135 cm³/mol. The molecule has 0 aliphatic heterocycles. The number of para-hydroxylation sites is 1. The summed E-state index contributed by atoms with van der Waals surface area (Å²) in [5.74, 6) is -8.01. The van der Waals surface area contributed by atoms with Crippen LogP contribution in [0.1, 0.15) is 42.2 Å². The number of rotatable bonds is 9. The number of alkyl halides is 6. The summed E-state index contributed by atoms with van der Waals surface area (Å²) in [6.07, 6.45) is -15.2. The second-order valence-electron chi connectivity index (χ2n) is 8.67. The lowest BCUT2D eigenvalue weighted by atomic mass is 10.1. The fourth-order valence-corrected chi connectivity index (χ4v) is 3.59. The maximum absolute atomic E-state index is 13.3. The van der Waals surface area contributed by atoms with Crippen LogP contribution in [0.5, 0.6) is 0 Å². The van der Waals surface area contributed by atoms with Gasteiger partial charge >= 0.3 is 36.2 Å². The maximum atomic E-state index is 13.3. The summed E-state index contributed by atoms with van der Waals surface area (Å²) in [5.41, 5.74) is -4.77. The molecule has 0 saturated heterocycles. The van der Waals surface area contributed by atoms with E-state index in [0.29, 0.717) is 24.3 Å². The van der Waals surface area contributed by atoms with Gasteiger partial charge in [-0.3, -0.25) is 4.79 Å². The highest BCUT2D eigenvalue weighted by molar-refractivity contribution is 6.05. The molecule has 0 bridgehead atoms. The molecule has 0 aliphatic carbocycles. The summed E-state index contributed by atoms with van der Waals surface area (Å²) >= 11 is 0. The van der Waals surface area contributed by atoms with Gasteiger partial charge in [0.1, 0.15) is 0 Å². The molecule has 0 spiro atoms. The third-order valence-electron chi connectivity index (χ3n) is 5.69. The van der Waals surface area contributed by atoms with Crippen LogP contribution in [0, 0.1) is 0 Å². The Hall–Kier alpha value is -5.41. The molecule has 3 rings (SSSR count). The van der Waals surface area contributed by atoms with Gasteiger partial charge in [0, 0.05) is 0 Å². The summed E-state index contributed by atoms with van der Waals surface area (Å²) < 4.78 is 93.2. The molecule has 0 unspecified atom stereocenters. The molecule has 44 heavy (non-hydrogen) atoms. The van der Waals surface area contributed by atoms with E-state index < -0.39 is 76.6 Å². The van der Waals surface area contributed by atoms with E-state index in [1.165, 1.54) is 18.2 Å². The minimum absolute atomic E-state index is 0.265. The van der Waals surface area contributed by atoms with Crippen molar-refractivity contribution in [3.8, 4) is 0 Å². The quantitative estimate of drug-likeness (QED) is 0.191. The normalized spacial score (nSPS) is 12.8. The molecule has 3 aromatic carbocycles. The molecule has 16 heteroatoms. The first-order chi connectivity index (χ1) is 20.5. The zero-order chi connectivity index (χ0) is 32.8. The number of hydrogen-bond acceptors (Lipinski definition) is 8.